The van der Waals surface area contributed by atoms with E-state index in [2.05, 4.69) is 4.98 Å². The first kappa shape index (κ1) is 7.57. The number of nitrogens with zero attached hydrogens (tertiary/aromatic N) is 1. The summed E-state index contributed by atoms with van der Waals surface area (Å²) in [7, 11) is 0. The molecule has 1 rings (SSSR count). The van der Waals surface area contributed by atoms with E-state index >= 15 is 0 Å². The largest absolute Gasteiger partial charge is 0.392 e. The lowest BCUT2D eigenvalue weighted by Crippen LogP contribution is -1.84. The Morgan fingerprint density at radius 1 is 1.60 bits per heavy atom. The van der Waals surface area contributed by atoms with Gasteiger partial charge in [-0.2, -0.15) is 0 Å². The van der Waals surface area contributed by atoms with Gasteiger partial charge < -0.3 is 5.11 Å². The van der Waals surface area contributed by atoms with Gasteiger partial charge in [0.1, 0.15) is 0 Å². The number of thioether (sulfide) groups is 1. The van der Waals surface area contributed by atoms with E-state index in [0.717, 1.165) is 10.5 Å². The first-order valence-electron chi connectivity index (χ1n) is 2.95. The highest BCUT2D eigenvalue weighted by Crippen LogP contribution is 2.13. The van der Waals surface area contributed by atoms with Crippen LogP contribution in [0, 0.1) is 0 Å². The van der Waals surface area contributed by atoms with Gasteiger partial charge in [-0.1, -0.05) is 0 Å². The standard InChI is InChI=1S/C7H9NOS/c1-10-7-2-6(5-9)3-8-4-7/h2-4,9H,5H2,1H3. The zero-order chi connectivity index (χ0) is 7.40. The molecule has 0 bridgehead atoms. The molecule has 0 fully saturated rings. The molecular weight excluding hydrogens is 146 g/mol. The fraction of sp³-hybridized carbons (Fsp3) is 0.286. The Hall–Kier alpha value is -0.540. The van der Waals surface area contributed by atoms with Gasteiger partial charge >= 0.3 is 0 Å². The molecule has 0 spiro atoms. The van der Waals surface area contributed by atoms with Crippen molar-refractivity contribution in [2.45, 2.75) is 11.5 Å². The lowest BCUT2D eigenvalue weighted by molar-refractivity contribution is 0.281. The summed E-state index contributed by atoms with van der Waals surface area (Å²) in [5.74, 6) is 0. The second-order valence-electron chi connectivity index (χ2n) is 1.89. The summed E-state index contributed by atoms with van der Waals surface area (Å²) in [5, 5.41) is 8.71. The molecule has 0 saturated heterocycles. The average Bonchev–Trinajstić information content (AvgIpc) is 2.05. The molecule has 54 valence electrons. The van der Waals surface area contributed by atoms with Crippen molar-refractivity contribution in [1.82, 2.24) is 4.98 Å². The highest BCUT2D eigenvalue weighted by molar-refractivity contribution is 7.98. The van der Waals surface area contributed by atoms with Crippen molar-refractivity contribution in [3.05, 3.63) is 24.0 Å². The highest BCUT2D eigenvalue weighted by atomic mass is 32.2. The fourth-order valence-electron chi connectivity index (χ4n) is 0.662. The first-order chi connectivity index (χ1) is 4.86. The van der Waals surface area contributed by atoms with E-state index in [-0.39, 0.29) is 6.61 Å². The predicted octanol–water partition coefficient (Wildman–Crippen LogP) is 1.30. The van der Waals surface area contributed by atoms with Crippen molar-refractivity contribution < 1.29 is 5.11 Å². The zero-order valence-corrected chi connectivity index (χ0v) is 6.56. The third-order valence-corrected chi connectivity index (χ3v) is 1.88. The molecule has 0 atom stereocenters. The van der Waals surface area contributed by atoms with Crippen molar-refractivity contribution in [2.24, 2.45) is 0 Å². The molecule has 0 aliphatic heterocycles. The summed E-state index contributed by atoms with van der Waals surface area (Å²) >= 11 is 1.62. The van der Waals surface area contributed by atoms with Crippen LogP contribution in [0.15, 0.2) is 23.4 Å². The minimum Gasteiger partial charge on any atom is -0.392 e. The number of aliphatic hydroxyl groups is 1. The summed E-state index contributed by atoms with van der Waals surface area (Å²) in [4.78, 5) is 5.03. The predicted molar refractivity (Wildman–Crippen MR) is 41.9 cm³/mol. The molecule has 10 heavy (non-hydrogen) atoms. The SMILES string of the molecule is CSc1cncc(CO)c1. The van der Waals surface area contributed by atoms with Crippen molar-refractivity contribution in [3.63, 3.8) is 0 Å². The summed E-state index contributed by atoms with van der Waals surface area (Å²) in [6, 6.07) is 1.93. The van der Waals surface area contributed by atoms with Crippen molar-refractivity contribution in [2.75, 3.05) is 6.26 Å². The normalized spacial score (nSPS) is 9.80. The maximum Gasteiger partial charge on any atom is 0.0697 e. The van der Waals surface area contributed by atoms with Gasteiger partial charge in [0.05, 0.1) is 6.61 Å². The van der Waals surface area contributed by atoms with Crippen molar-refractivity contribution in [1.29, 1.82) is 0 Å². The first-order valence-corrected chi connectivity index (χ1v) is 4.18. The topological polar surface area (TPSA) is 33.1 Å². The van der Waals surface area contributed by atoms with Gasteiger partial charge in [-0.3, -0.25) is 4.98 Å². The van der Waals surface area contributed by atoms with E-state index in [1.807, 2.05) is 12.3 Å². The van der Waals surface area contributed by atoms with E-state index in [4.69, 9.17) is 5.11 Å². The summed E-state index contributed by atoms with van der Waals surface area (Å²) < 4.78 is 0. The fourth-order valence-corrected chi connectivity index (χ4v) is 1.10. The summed E-state index contributed by atoms with van der Waals surface area (Å²) in [6.07, 6.45) is 5.43. The van der Waals surface area contributed by atoms with Crippen LogP contribution in [0.25, 0.3) is 0 Å². The second-order valence-corrected chi connectivity index (χ2v) is 2.77. The van der Waals surface area contributed by atoms with Gasteiger partial charge in [-0.15, -0.1) is 11.8 Å². The third kappa shape index (κ3) is 1.72. The smallest absolute Gasteiger partial charge is 0.0697 e. The third-order valence-electron chi connectivity index (χ3n) is 1.19. The molecule has 0 amide bonds. The van der Waals surface area contributed by atoms with Crippen LogP contribution in [0.2, 0.25) is 0 Å². The van der Waals surface area contributed by atoms with Gasteiger partial charge in [-0.25, -0.2) is 0 Å². The molecular formula is C7H9NOS. The molecule has 0 unspecified atom stereocenters. The maximum absolute atomic E-state index is 8.71. The summed E-state index contributed by atoms with van der Waals surface area (Å²) in [6.45, 7) is 0.0708. The Balaban J connectivity index is 2.87. The molecule has 0 aliphatic rings. The monoisotopic (exact) mass is 155 g/mol. The number of pyridine rings is 1. The molecule has 1 heterocycles. The van der Waals surface area contributed by atoms with E-state index in [0.29, 0.717) is 0 Å². The van der Waals surface area contributed by atoms with Crippen LogP contribution in [-0.4, -0.2) is 16.3 Å². The van der Waals surface area contributed by atoms with Crippen LogP contribution >= 0.6 is 11.8 Å². The molecule has 1 N–H and O–H groups in total. The molecule has 0 aromatic carbocycles. The lowest BCUT2D eigenvalue weighted by atomic mass is 10.3. The highest BCUT2D eigenvalue weighted by Gasteiger charge is 1.92. The van der Waals surface area contributed by atoms with Gasteiger partial charge in [0.25, 0.3) is 0 Å². The van der Waals surface area contributed by atoms with Crippen molar-refractivity contribution >= 4 is 11.8 Å². The molecule has 3 heteroatoms. The Kier molecular flexibility index (Phi) is 2.71. The van der Waals surface area contributed by atoms with Crippen molar-refractivity contribution in [3.8, 4) is 0 Å². The second kappa shape index (κ2) is 3.58. The molecule has 1 aromatic heterocycles. The molecule has 0 aliphatic carbocycles. The van der Waals surface area contributed by atoms with Crippen LogP contribution in [0.5, 0.6) is 0 Å². The van der Waals surface area contributed by atoms with E-state index in [1.54, 1.807) is 24.2 Å². The number of hydrogen-bond donors (Lipinski definition) is 1. The van der Waals surface area contributed by atoms with E-state index in [9.17, 15) is 0 Å². The number of rotatable bonds is 2. The van der Waals surface area contributed by atoms with Crippen LogP contribution in [0.3, 0.4) is 0 Å². The van der Waals surface area contributed by atoms with Crippen LogP contribution in [-0.2, 0) is 6.61 Å². The minimum absolute atomic E-state index is 0.0708. The van der Waals surface area contributed by atoms with Crippen LogP contribution < -0.4 is 0 Å². The number of aromatic nitrogens is 1. The van der Waals surface area contributed by atoms with Gasteiger partial charge in [0.2, 0.25) is 0 Å². The lowest BCUT2D eigenvalue weighted by Gasteiger charge is -1.96. The zero-order valence-electron chi connectivity index (χ0n) is 5.74. The Bertz CT molecular complexity index is 195. The van der Waals surface area contributed by atoms with E-state index in [1.165, 1.54) is 0 Å². The summed E-state index contributed by atoms with van der Waals surface area (Å²) in [5.41, 5.74) is 0.867. The van der Waals surface area contributed by atoms with Gasteiger partial charge in [0.15, 0.2) is 0 Å². The molecule has 1 aromatic rings. The maximum atomic E-state index is 8.71. The minimum atomic E-state index is 0.0708. The Morgan fingerprint density at radius 3 is 3.00 bits per heavy atom. The van der Waals surface area contributed by atoms with Gasteiger partial charge in [-0.05, 0) is 17.9 Å². The average molecular weight is 155 g/mol. The van der Waals surface area contributed by atoms with E-state index < -0.39 is 0 Å². The van der Waals surface area contributed by atoms with Crippen LogP contribution in [0.1, 0.15) is 5.56 Å². The quantitative estimate of drug-likeness (QED) is 0.653. The number of aliphatic hydroxyl groups excluding tert-OH is 1. The molecule has 2 nitrogen and oxygen atoms in total. The van der Waals surface area contributed by atoms with Gasteiger partial charge in [0, 0.05) is 17.3 Å². The molecule has 0 saturated carbocycles. The molecule has 0 radical (unpaired) electrons. The number of hydrogen-bond acceptors (Lipinski definition) is 3. The van der Waals surface area contributed by atoms with Crippen LogP contribution in [0.4, 0.5) is 0 Å². The Morgan fingerprint density at radius 2 is 2.40 bits per heavy atom. The Labute approximate surface area is 64.3 Å².